The Morgan fingerprint density at radius 3 is 2.31 bits per heavy atom. The number of amides is 3. The first kappa shape index (κ1) is 74.5. The summed E-state index contributed by atoms with van der Waals surface area (Å²) in [5.74, 6) is 0.253. The number of carboxylic acid groups (broad SMARTS) is 1. The number of carbonyl (C=O) groups excluding carboxylic acids is 3. The summed E-state index contributed by atoms with van der Waals surface area (Å²) >= 11 is 0. The number of phosphoric ester groups is 1. The van der Waals surface area contributed by atoms with Crippen molar-refractivity contribution in [2.75, 3.05) is 52.7 Å². The summed E-state index contributed by atoms with van der Waals surface area (Å²) < 4.78 is 96.6. The Labute approximate surface area is 544 Å². The fourth-order valence-electron chi connectivity index (χ4n) is 9.75. The molecule has 0 saturated carbocycles. The van der Waals surface area contributed by atoms with Gasteiger partial charge in [0.2, 0.25) is 5.91 Å². The maximum absolute atomic E-state index is 14.9. The van der Waals surface area contributed by atoms with Crippen molar-refractivity contribution in [3.8, 4) is 29.1 Å². The Morgan fingerprint density at radius 2 is 1.64 bits per heavy atom. The van der Waals surface area contributed by atoms with Gasteiger partial charge in [0, 0.05) is 69.9 Å². The number of hydrogen-bond donors (Lipinski definition) is 9. The molecule has 0 bridgehead atoms. The van der Waals surface area contributed by atoms with Crippen molar-refractivity contribution in [3.05, 3.63) is 175 Å². The number of H-pyrrole nitrogens is 1. The monoisotopic (exact) mass is 1400 g/mol. The molecule has 38 heteroatoms. The molecule has 512 valence electrons. The van der Waals surface area contributed by atoms with Crippen LogP contribution in [0.4, 0.5) is 4.39 Å². The third-order valence-electron chi connectivity index (χ3n) is 13.9. The fourth-order valence-corrected chi connectivity index (χ4v) is 12.8. The van der Waals surface area contributed by atoms with Crippen LogP contribution in [0, 0.1) is 25.7 Å². The van der Waals surface area contributed by atoms with E-state index in [0.717, 1.165) is 51.9 Å². The number of alkyl halides is 1. The predicted molar refractivity (Wildman–Crippen MR) is 335 cm³/mol. The van der Waals surface area contributed by atoms with Crippen LogP contribution in [-0.4, -0.2) is 135 Å². The van der Waals surface area contributed by atoms with E-state index in [0.29, 0.717) is 40.3 Å². The Morgan fingerprint density at radius 1 is 0.906 bits per heavy atom. The minimum atomic E-state index is -5.95. The molecule has 9 N–H and O–H groups in total. The molecular weight excluding hydrogens is 1330 g/mol. The largest absolute Gasteiger partial charge is 0.491 e. The quantitative estimate of drug-likeness (QED) is 0.00465. The molecule has 7 atom stereocenters. The summed E-state index contributed by atoms with van der Waals surface area (Å²) in [6.07, 6.45) is -1.10. The second kappa shape index (κ2) is 33.2. The van der Waals surface area contributed by atoms with Crippen LogP contribution in [0.2, 0.25) is 0 Å². The van der Waals surface area contributed by atoms with Crippen LogP contribution in [-0.2, 0) is 57.0 Å². The number of aromatic carboxylic acids is 1. The molecule has 5 aromatic rings. The smallest absolute Gasteiger partial charge is 0.490 e. The van der Waals surface area contributed by atoms with Gasteiger partial charge in [-0.25, -0.2) is 27.7 Å². The van der Waals surface area contributed by atoms with Crippen LogP contribution in [0.5, 0.6) is 17.2 Å². The lowest BCUT2D eigenvalue weighted by molar-refractivity contribution is -0.178. The number of phosphoric acid groups is 3. The van der Waals surface area contributed by atoms with Crippen molar-refractivity contribution in [3.63, 3.8) is 0 Å². The lowest BCUT2D eigenvalue weighted by atomic mass is 9.86. The van der Waals surface area contributed by atoms with Crippen LogP contribution in [0.3, 0.4) is 0 Å². The summed E-state index contributed by atoms with van der Waals surface area (Å²) in [7, 11) is -17.4. The number of hydrogen-bond acceptors (Lipinski definition) is 20. The van der Waals surface area contributed by atoms with Crippen molar-refractivity contribution < 1.29 is 104 Å². The van der Waals surface area contributed by atoms with E-state index in [1.165, 1.54) is 30.3 Å². The molecule has 3 heterocycles. The van der Waals surface area contributed by atoms with Gasteiger partial charge in [0.1, 0.15) is 48.4 Å². The zero-order valence-electron chi connectivity index (χ0n) is 51.7. The lowest BCUT2D eigenvalue weighted by Gasteiger charge is -2.24. The number of aromatic nitrogens is 2. The summed E-state index contributed by atoms with van der Waals surface area (Å²) in [5.41, 5.74) is 20.5. The van der Waals surface area contributed by atoms with E-state index in [2.05, 4.69) is 74.0 Å². The molecular formula is C58H65FN11O23P3. The molecule has 1 aromatic heterocycles. The molecule has 0 spiro atoms. The number of azide groups is 2. The minimum Gasteiger partial charge on any atom is -0.491 e. The van der Waals surface area contributed by atoms with E-state index in [9.17, 15) is 67.3 Å². The molecule has 1 fully saturated rings. The number of carboxylic acids is 1. The van der Waals surface area contributed by atoms with E-state index < -0.39 is 109 Å². The van der Waals surface area contributed by atoms with Gasteiger partial charge in [-0.05, 0) is 131 Å². The second-order valence-electron chi connectivity index (χ2n) is 21.1. The van der Waals surface area contributed by atoms with E-state index in [1.807, 2.05) is 50.0 Å². The van der Waals surface area contributed by atoms with Crippen molar-refractivity contribution in [2.24, 2.45) is 10.2 Å². The van der Waals surface area contributed by atoms with Gasteiger partial charge in [0.25, 0.3) is 23.4 Å². The Balaban J connectivity index is 0.868. The second-order valence-corrected chi connectivity index (χ2v) is 25.5. The summed E-state index contributed by atoms with van der Waals surface area (Å²) in [4.78, 5) is 122. The number of nitrogens with one attached hydrogen (secondary N) is 4. The highest BCUT2D eigenvalue weighted by Crippen LogP contribution is 2.66. The molecule has 1 saturated heterocycles. The minimum absolute atomic E-state index is 0.000736. The Bertz CT molecular complexity index is 4370. The normalized spacial score (nSPS) is 17.2. The number of aryl methyl sites for hydroxylation is 3. The molecule has 4 aromatic carbocycles. The number of carbonyl (C=O) groups is 4. The molecule has 3 amide bonds. The number of benzene rings is 4. The van der Waals surface area contributed by atoms with E-state index in [1.54, 1.807) is 12.1 Å². The van der Waals surface area contributed by atoms with Crippen LogP contribution >= 0.6 is 23.5 Å². The van der Waals surface area contributed by atoms with Gasteiger partial charge in [0.15, 0.2) is 6.23 Å². The highest BCUT2D eigenvalue weighted by atomic mass is 31.3. The molecule has 0 radical (unpaired) electrons. The molecule has 2 aliphatic heterocycles. The van der Waals surface area contributed by atoms with Gasteiger partial charge in [-0.2, -0.15) is 8.62 Å². The van der Waals surface area contributed by atoms with Gasteiger partial charge in [-0.1, -0.05) is 49.4 Å². The first-order valence-electron chi connectivity index (χ1n) is 29.0. The third kappa shape index (κ3) is 21.1. The standard InChI is InChI=1S/C58H65FN11O23P3/c1-6-10-35-26-45-43(22-33(35)3)52(44-23-34(4)36(11-7-2)27-46(44)89-45)42-25-38(15-16-41(42)56(75)76)54(73)64-19-18-63-53(72)37-12-8-14-40(24-37)87-32-50(66-68-60)86-21-20-85-31-49(71)62-17-9-13-39-29-70(57(77)65-55(39)74)51-28-47(91-58(5,59)67-69-61)48(90-51)30-88-95(81,82)93-96(83,84)92-94(78,79)80/h8,10,12,14-16,22-27,29,47-48,50-51H,6-7,11,17-21,28,30-32H2,1-5H3,(H,62,71)(H,63,72)(H,64,73)(H,75,76)(H,81,82)(H,83,84)(H,65,74,77)(H2,78,79,80)/b35-10-/t47?,48-,50?,51-,58-/m1/s1. The summed E-state index contributed by atoms with van der Waals surface area (Å²) in [6.45, 7) is 5.96. The molecule has 96 heavy (non-hydrogen) atoms. The molecule has 2 aliphatic rings. The number of ether oxygens (including phenoxy) is 6. The predicted octanol–water partition coefficient (Wildman–Crippen LogP) is 5.69. The summed E-state index contributed by atoms with van der Waals surface area (Å²) in [5, 5.41) is 26.5. The van der Waals surface area contributed by atoms with Gasteiger partial charge in [-0.15, -0.1) is 0 Å². The fraction of sp³-hybridized carbons (Fsp3) is 0.379. The van der Waals surface area contributed by atoms with Crippen LogP contribution in [0.15, 0.2) is 92.7 Å². The van der Waals surface area contributed by atoms with Gasteiger partial charge in [-0.3, -0.25) is 33.3 Å². The third-order valence-corrected chi connectivity index (χ3v) is 17.7. The topological polar surface area (TPSA) is 492 Å². The Kier molecular flexibility index (Phi) is 25.8. The van der Waals surface area contributed by atoms with Gasteiger partial charge >= 0.3 is 35.1 Å². The summed E-state index contributed by atoms with van der Waals surface area (Å²) in [6, 6.07) is 18.3. The van der Waals surface area contributed by atoms with Crippen LogP contribution < -0.4 is 47.1 Å². The maximum atomic E-state index is 14.9. The maximum Gasteiger partial charge on any atom is 0.490 e. The van der Waals surface area contributed by atoms with Gasteiger partial charge in [0.05, 0.1) is 38.0 Å². The number of halogens is 1. The number of nitrogens with zero attached hydrogens (tertiary/aromatic N) is 7. The van der Waals surface area contributed by atoms with Crippen molar-refractivity contribution in [1.29, 1.82) is 0 Å². The first-order chi connectivity index (χ1) is 45.4. The average Bonchev–Trinajstić information content (AvgIpc) is 0.856. The zero-order chi connectivity index (χ0) is 70.1. The lowest BCUT2D eigenvalue weighted by Crippen LogP contribution is -2.35. The Hall–Kier alpha value is -8.86. The molecule has 34 nitrogen and oxygen atoms in total. The number of aromatic amines is 1. The van der Waals surface area contributed by atoms with E-state index >= 15 is 0 Å². The molecule has 4 unspecified atom stereocenters. The molecule has 0 aliphatic carbocycles. The zero-order valence-corrected chi connectivity index (χ0v) is 54.4. The van der Waals surface area contributed by atoms with Crippen molar-refractivity contribution in [1.82, 2.24) is 25.5 Å². The first-order valence-corrected chi connectivity index (χ1v) is 33.5. The molecule has 7 rings (SSSR count). The number of rotatable bonds is 32. The van der Waals surface area contributed by atoms with Crippen molar-refractivity contribution >= 4 is 58.8 Å². The van der Waals surface area contributed by atoms with Crippen LogP contribution in [0.1, 0.15) is 111 Å². The van der Waals surface area contributed by atoms with Gasteiger partial charge < -0.3 is 69.1 Å². The SMILES string of the molecule is CC/C=c1/cc2c(cc1C)=C(c1cc(C(=O)NCCNC(=O)c3cccc(OCC(N=[N+]=[N-])OCCOCC(=O)NCC#Cc4cn([C@H]5CC(O[C@](C)(F)N=[N+]=[N-])[C@@H](COP(=O)(O)OP(=O)(O)OP(=O)(O)O)O5)c(=O)[nH]c4=O)c3)ccc1C(=O)O)c1cc(C)c(CCC)cc1O2. The van der Waals surface area contributed by atoms with Crippen LogP contribution in [0.25, 0.3) is 32.5 Å². The van der Waals surface area contributed by atoms with E-state index in [4.69, 9.17) is 43.7 Å². The highest BCUT2D eigenvalue weighted by molar-refractivity contribution is 7.66. The number of fused-ring (bicyclic) bond motifs is 2. The highest BCUT2D eigenvalue weighted by Gasteiger charge is 2.46. The average molecular weight is 1400 g/mol. The van der Waals surface area contributed by atoms with E-state index in [-0.39, 0.29) is 67.5 Å². The van der Waals surface area contributed by atoms with Crippen molar-refractivity contribution in [2.45, 2.75) is 90.9 Å².